The lowest BCUT2D eigenvalue weighted by atomic mass is 9.73. The monoisotopic (exact) mass is 763 g/mol. The summed E-state index contributed by atoms with van der Waals surface area (Å²) in [7, 11) is 0. The third kappa shape index (κ3) is 15.1. The molecule has 0 saturated heterocycles. The Balaban J connectivity index is 0.00000101. The van der Waals surface area contributed by atoms with Crippen LogP contribution in [0.25, 0.3) is 0 Å². The summed E-state index contributed by atoms with van der Waals surface area (Å²) < 4.78 is 10.8. The maximum atomic E-state index is 12.8. The van der Waals surface area contributed by atoms with Gasteiger partial charge in [0.05, 0.1) is 13.1 Å². The summed E-state index contributed by atoms with van der Waals surface area (Å²) in [5.74, 6) is 10.5. The van der Waals surface area contributed by atoms with Crippen molar-refractivity contribution < 1.29 is 29.3 Å². The molecule has 2 saturated carbocycles. The largest absolute Gasteiger partial charge is 0.450 e. The van der Waals surface area contributed by atoms with Gasteiger partial charge in [-0.05, 0) is 63.0 Å². The number of aliphatic hydroxyl groups is 2. The van der Waals surface area contributed by atoms with Crippen molar-refractivity contribution in [2.75, 3.05) is 52.5 Å². The molecule has 0 bridgehead atoms. The second-order valence-electron chi connectivity index (χ2n) is 13.7. The predicted molar refractivity (Wildman–Crippen MR) is 227 cm³/mol. The Labute approximate surface area is 335 Å². The average Bonchev–Trinajstić information content (AvgIpc) is 3.21. The molecule has 2 aliphatic carbocycles. The fourth-order valence-corrected chi connectivity index (χ4v) is 7.22. The zero-order chi connectivity index (χ0) is 37.7. The van der Waals surface area contributed by atoms with Crippen LogP contribution in [0.4, 0.5) is 0 Å². The lowest BCUT2D eigenvalue weighted by molar-refractivity contribution is -0.174. The van der Waals surface area contributed by atoms with Crippen molar-refractivity contribution >= 4 is 11.9 Å². The first kappa shape index (κ1) is 51.3. The van der Waals surface area contributed by atoms with Gasteiger partial charge in [-0.2, -0.15) is 0 Å². The first-order valence-electron chi connectivity index (χ1n) is 19.5. The number of hydrogen-bond acceptors (Lipinski definition) is 8. The summed E-state index contributed by atoms with van der Waals surface area (Å²) in [4.78, 5) is 30.0. The van der Waals surface area contributed by atoms with Crippen LogP contribution in [0.15, 0.2) is 60.7 Å². The molecule has 0 aliphatic heterocycles. The number of esters is 2. The molecule has 0 amide bonds. The third-order valence-electron chi connectivity index (χ3n) is 10.6. The van der Waals surface area contributed by atoms with Crippen LogP contribution in [0.2, 0.25) is 0 Å². The van der Waals surface area contributed by atoms with Crippen LogP contribution in [-0.4, -0.2) is 84.4 Å². The van der Waals surface area contributed by atoms with Gasteiger partial charge in [0.2, 0.25) is 0 Å². The van der Waals surface area contributed by atoms with Gasteiger partial charge in [-0.15, -0.1) is 0 Å². The topological polar surface area (TPSA) is 99.5 Å². The van der Waals surface area contributed by atoms with E-state index in [1.807, 2.05) is 60.7 Å². The molecular formula is C47H74N2O6. The molecule has 8 nitrogen and oxygen atoms in total. The third-order valence-corrected chi connectivity index (χ3v) is 10.6. The fraction of sp³-hybridized carbons (Fsp3) is 0.617. The van der Waals surface area contributed by atoms with Crippen LogP contribution < -0.4 is 0 Å². The second-order valence-corrected chi connectivity index (χ2v) is 13.7. The van der Waals surface area contributed by atoms with Crippen LogP contribution in [0.5, 0.6) is 0 Å². The minimum absolute atomic E-state index is 0. The van der Waals surface area contributed by atoms with E-state index in [-0.39, 0.29) is 47.3 Å². The molecule has 55 heavy (non-hydrogen) atoms. The molecule has 2 aromatic rings. The van der Waals surface area contributed by atoms with Crippen LogP contribution in [0, 0.1) is 35.5 Å². The fourth-order valence-electron chi connectivity index (χ4n) is 7.22. The molecule has 8 heteroatoms. The van der Waals surface area contributed by atoms with Gasteiger partial charge in [0, 0.05) is 11.8 Å². The molecule has 308 valence electrons. The zero-order valence-corrected chi connectivity index (χ0v) is 32.1. The van der Waals surface area contributed by atoms with E-state index in [0.29, 0.717) is 24.2 Å². The molecule has 2 atom stereocenters. The van der Waals surface area contributed by atoms with Crippen molar-refractivity contribution in [1.29, 1.82) is 0 Å². The normalized spacial score (nSPS) is 16.3. The van der Waals surface area contributed by atoms with E-state index < -0.39 is 23.1 Å². The summed E-state index contributed by atoms with van der Waals surface area (Å²) in [5.41, 5.74) is -1.93. The van der Waals surface area contributed by atoms with Crippen molar-refractivity contribution in [3.63, 3.8) is 0 Å². The Morgan fingerprint density at radius 2 is 0.873 bits per heavy atom. The summed E-state index contributed by atoms with van der Waals surface area (Å²) in [6, 6.07) is 18.4. The summed E-state index contributed by atoms with van der Waals surface area (Å²) >= 11 is 0. The van der Waals surface area contributed by atoms with Crippen molar-refractivity contribution in [2.24, 2.45) is 11.8 Å². The Morgan fingerprint density at radius 3 is 1.16 bits per heavy atom. The zero-order valence-electron chi connectivity index (χ0n) is 32.1. The molecule has 2 aromatic carbocycles. The van der Waals surface area contributed by atoms with Gasteiger partial charge in [-0.1, -0.05) is 173 Å². The standard InChI is InChI=1S/2C22H31NO3.3CH4/c2*1-3-23(4-2)17-11-12-18-26-21(24)22(25,19-13-7-5-8-14-19)20-15-9-6-10-16-20;;;/h2*5,7-8,13-14,20,25H,3-4,6,9-10,15-18H2,1-2H3;3*1H4/t2*22-;;;/m10.../s1. The number of carbonyl (C=O) groups excluding carboxylic acids is 2. The average molecular weight is 763 g/mol. The SMILES string of the molecule is C.C.C.CCN(CC)CC#CCOC(=O)[C@@](O)(c1ccccc1)C1CCCCC1.CCN(CC)CC#CCOC(=O)[C@](O)(c1ccccc1)C1CCCCC1. The van der Waals surface area contributed by atoms with Crippen LogP contribution in [0.1, 0.15) is 125 Å². The van der Waals surface area contributed by atoms with E-state index >= 15 is 0 Å². The molecule has 2 aliphatic rings. The van der Waals surface area contributed by atoms with E-state index in [9.17, 15) is 19.8 Å². The molecule has 4 rings (SSSR count). The molecule has 2 N–H and O–H groups in total. The summed E-state index contributed by atoms with van der Waals surface area (Å²) in [5, 5.41) is 22.7. The minimum Gasteiger partial charge on any atom is -0.450 e. The minimum atomic E-state index is -1.58. The maximum Gasteiger partial charge on any atom is 0.344 e. The summed E-state index contributed by atoms with van der Waals surface area (Å²) in [6.45, 7) is 13.5. The van der Waals surface area contributed by atoms with Gasteiger partial charge in [-0.25, -0.2) is 9.59 Å². The second kappa shape index (κ2) is 27.8. The van der Waals surface area contributed by atoms with Crippen molar-refractivity contribution in [3.05, 3.63) is 71.8 Å². The molecule has 0 unspecified atom stereocenters. The Bertz CT molecular complexity index is 1330. The van der Waals surface area contributed by atoms with Gasteiger partial charge >= 0.3 is 11.9 Å². The van der Waals surface area contributed by atoms with Gasteiger partial charge in [0.15, 0.2) is 24.4 Å². The molecule has 0 heterocycles. The molecule has 0 radical (unpaired) electrons. The van der Waals surface area contributed by atoms with E-state index in [2.05, 4.69) is 61.2 Å². The van der Waals surface area contributed by atoms with Gasteiger partial charge in [0.25, 0.3) is 0 Å². The number of carbonyl (C=O) groups is 2. The first-order valence-corrected chi connectivity index (χ1v) is 19.5. The number of benzene rings is 2. The van der Waals surface area contributed by atoms with Gasteiger partial charge in [-0.3, -0.25) is 9.80 Å². The maximum absolute atomic E-state index is 12.8. The number of nitrogens with zero attached hydrogens (tertiary/aromatic N) is 2. The highest BCUT2D eigenvalue weighted by molar-refractivity contribution is 5.82. The lowest BCUT2D eigenvalue weighted by Crippen LogP contribution is -2.45. The van der Waals surface area contributed by atoms with Crippen molar-refractivity contribution in [1.82, 2.24) is 9.80 Å². The van der Waals surface area contributed by atoms with Crippen molar-refractivity contribution in [3.8, 4) is 23.7 Å². The molecule has 0 spiro atoms. The van der Waals surface area contributed by atoms with Gasteiger partial charge < -0.3 is 19.7 Å². The van der Waals surface area contributed by atoms with Crippen LogP contribution in [-0.2, 0) is 30.3 Å². The van der Waals surface area contributed by atoms with E-state index in [0.717, 1.165) is 90.4 Å². The highest BCUT2D eigenvalue weighted by atomic mass is 16.6. The smallest absolute Gasteiger partial charge is 0.344 e. The Hall–Kier alpha value is -3.66. The van der Waals surface area contributed by atoms with Crippen molar-refractivity contribution in [2.45, 2.75) is 125 Å². The van der Waals surface area contributed by atoms with E-state index in [1.54, 1.807) is 0 Å². The summed E-state index contributed by atoms with van der Waals surface area (Å²) in [6.07, 6.45) is 9.84. The van der Waals surface area contributed by atoms with Crippen LogP contribution in [0.3, 0.4) is 0 Å². The van der Waals surface area contributed by atoms with E-state index in [1.165, 1.54) is 0 Å². The number of hydrogen-bond donors (Lipinski definition) is 2. The van der Waals surface area contributed by atoms with Crippen LogP contribution >= 0.6 is 0 Å². The number of rotatable bonds is 14. The van der Waals surface area contributed by atoms with E-state index in [4.69, 9.17) is 9.47 Å². The predicted octanol–water partition coefficient (Wildman–Crippen LogP) is 8.59. The highest BCUT2D eigenvalue weighted by Gasteiger charge is 2.48. The highest BCUT2D eigenvalue weighted by Crippen LogP contribution is 2.41. The first-order chi connectivity index (χ1) is 25.2. The Kier molecular flexibility index (Phi) is 26.0. The molecule has 2 fully saturated rings. The Morgan fingerprint density at radius 1 is 0.564 bits per heavy atom. The molecule has 0 aromatic heterocycles. The number of ether oxygens (including phenoxy) is 2. The quantitative estimate of drug-likeness (QED) is 0.146. The van der Waals surface area contributed by atoms with Gasteiger partial charge in [0.1, 0.15) is 0 Å². The lowest BCUT2D eigenvalue weighted by Gasteiger charge is -2.36. The molecular weight excluding hydrogens is 689 g/mol.